The van der Waals surface area contributed by atoms with Gasteiger partial charge >= 0.3 is 6.03 Å². The van der Waals surface area contributed by atoms with E-state index in [4.69, 9.17) is 0 Å². The van der Waals surface area contributed by atoms with Crippen molar-refractivity contribution in [2.75, 3.05) is 36.4 Å². The number of thiazole rings is 1. The molecular formula is C14H14F2N4OS. The zero-order valence-corrected chi connectivity index (χ0v) is 12.4. The van der Waals surface area contributed by atoms with Crippen LogP contribution in [0.4, 0.5) is 24.4 Å². The Morgan fingerprint density at radius 2 is 2.00 bits per heavy atom. The van der Waals surface area contributed by atoms with Crippen LogP contribution >= 0.6 is 11.3 Å². The van der Waals surface area contributed by atoms with Gasteiger partial charge in [-0.1, -0.05) is 0 Å². The van der Waals surface area contributed by atoms with Gasteiger partial charge in [0.25, 0.3) is 0 Å². The normalized spacial score (nSPS) is 15.0. The molecule has 8 heteroatoms. The van der Waals surface area contributed by atoms with Gasteiger partial charge in [-0.15, -0.1) is 11.3 Å². The molecule has 1 N–H and O–H groups in total. The van der Waals surface area contributed by atoms with E-state index in [1.165, 1.54) is 6.07 Å². The number of aromatic nitrogens is 1. The van der Waals surface area contributed by atoms with Crippen molar-refractivity contribution in [3.8, 4) is 0 Å². The van der Waals surface area contributed by atoms with Gasteiger partial charge in [-0.3, -0.25) is 0 Å². The van der Waals surface area contributed by atoms with Crippen LogP contribution in [0, 0.1) is 11.6 Å². The molecule has 0 radical (unpaired) electrons. The van der Waals surface area contributed by atoms with E-state index in [1.807, 2.05) is 5.38 Å². The molecule has 1 aliphatic heterocycles. The van der Waals surface area contributed by atoms with Crippen molar-refractivity contribution in [3.63, 3.8) is 0 Å². The zero-order valence-electron chi connectivity index (χ0n) is 11.6. The summed E-state index contributed by atoms with van der Waals surface area (Å²) >= 11 is 1.56. The zero-order chi connectivity index (χ0) is 15.5. The lowest BCUT2D eigenvalue weighted by atomic mass is 10.3. The van der Waals surface area contributed by atoms with Crippen LogP contribution < -0.4 is 10.2 Å². The summed E-state index contributed by atoms with van der Waals surface area (Å²) in [6.45, 7) is 2.39. The Hall–Kier alpha value is -2.22. The number of nitrogens with zero attached hydrogens (tertiary/aromatic N) is 3. The van der Waals surface area contributed by atoms with Gasteiger partial charge in [-0.2, -0.15) is 0 Å². The summed E-state index contributed by atoms with van der Waals surface area (Å²) in [5.41, 5.74) is -0.0197. The molecule has 1 aromatic heterocycles. The molecule has 2 aromatic rings. The third kappa shape index (κ3) is 3.16. The van der Waals surface area contributed by atoms with Gasteiger partial charge in [0, 0.05) is 43.8 Å². The predicted octanol–water partition coefficient (Wildman–Crippen LogP) is 2.78. The van der Waals surface area contributed by atoms with E-state index in [9.17, 15) is 13.6 Å². The second-order valence-electron chi connectivity index (χ2n) is 4.84. The maximum atomic E-state index is 13.5. The average Bonchev–Trinajstić information content (AvgIpc) is 3.04. The molecule has 5 nitrogen and oxygen atoms in total. The van der Waals surface area contributed by atoms with E-state index in [-0.39, 0.29) is 11.7 Å². The molecule has 22 heavy (non-hydrogen) atoms. The van der Waals surface area contributed by atoms with Gasteiger partial charge in [0.15, 0.2) is 5.13 Å². The third-order valence-corrected chi connectivity index (χ3v) is 4.26. The first-order valence-corrected chi connectivity index (χ1v) is 7.67. The van der Waals surface area contributed by atoms with Gasteiger partial charge in [0.05, 0.1) is 5.69 Å². The van der Waals surface area contributed by atoms with E-state index in [2.05, 4.69) is 15.2 Å². The van der Waals surface area contributed by atoms with E-state index >= 15 is 0 Å². The Balaban J connectivity index is 1.58. The molecule has 0 aliphatic carbocycles. The van der Waals surface area contributed by atoms with Gasteiger partial charge in [-0.25, -0.2) is 18.6 Å². The summed E-state index contributed by atoms with van der Waals surface area (Å²) < 4.78 is 26.4. The first-order valence-electron chi connectivity index (χ1n) is 6.79. The molecule has 0 unspecified atom stereocenters. The van der Waals surface area contributed by atoms with Crippen molar-refractivity contribution in [1.29, 1.82) is 0 Å². The lowest BCUT2D eigenvalue weighted by molar-refractivity contribution is 0.208. The summed E-state index contributed by atoms with van der Waals surface area (Å²) in [4.78, 5) is 20.1. The molecular weight excluding hydrogens is 310 g/mol. The molecule has 3 rings (SSSR count). The summed E-state index contributed by atoms with van der Waals surface area (Å²) in [6, 6.07) is 2.69. The van der Waals surface area contributed by atoms with Gasteiger partial charge in [0.1, 0.15) is 11.6 Å². The molecule has 1 saturated heterocycles. The standard InChI is InChI=1S/C14H14F2N4OS/c15-10-1-2-12(11(16)9-10)18-13(21)19-4-6-20(7-5-19)14-17-3-8-22-14/h1-3,8-9H,4-7H2,(H,18,21). The first-order chi connectivity index (χ1) is 10.6. The second kappa shape index (κ2) is 6.27. The SMILES string of the molecule is O=C(Nc1ccc(F)cc1F)N1CCN(c2nccs2)CC1. The Morgan fingerprint density at radius 3 is 2.64 bits per heavy atom. The lowest BCUT2D eigenvalue weighted by Gasteiger charge is -2.34. The molecule has 116 valence electrons. The van der Waals surface area contributed by atoms with Gasteiger partial charge in [-0.05, 0) is 12.1 Å². The van der Waals surface area contributed by atoms with Crippen molar-refractivity contribution in [1.82, 2.24) is 9.88 Å². The van der Waals surface area contributed by atoms with Crippen LogP contribution in [0.2, 0.25) is 0 Å². The number of carbonyl (C=O) groups is 1. The summed E-state index contributed by atoms with van der Waals surface area (Å²) in [7, 11) is 0. The fourth-order valence-corrected chi connectivity index (χ4v) is 2.95. The van der Waals surface area contributed by atoms with Crippen molar-refractivity contribution < 1.29 is 13.6 Å². The predicted molar refractivity (Wildman–Crippen MR) is 81.3 cm³/mol. The van der Waals surface area contributed by atoms with Crippen LogP contribution in [0.15, 0.2) is 29.8 Å². The van der Waals surface area contributed by atoms with Crippen molar-refractivity contribution >= 4 is 28.2 Å². The Kier molecular flexibility index (Phi) is 4.19. The van der Waals surface area contributed by atoms with E-state index in [0.717, 1.165) is 17.3 Å². The van der Waals surface area contributed by atoms with Crippen LogP contribution in [0.1, 0.15) is 0 Å². The number of nitrogens with one attached hydrogen (secondary N) is 1. The van der Waals surface area contributed by atoms with Crippen LogP contribution in [0.25, 0.3) is 0 Å². The molecule has 0 spiro atoms. The molecule has 0 bridgehead atoms. The summed E-state index contributed by atoms with van der Waals surface area (Å²) in [6.07, 6.45) is 1.75. The minimum absolute atomic E-state index is 0.0197. The average molecular weight is 324 g/mol. The monoisotopic (exact) mass is 324 g/mol. The lowest BCUT2D eigenvalue weighted by Crippen LogP contribution is -2.50. The number of hydrogen-bond donors (Lipinski definition) is 1. The minimum Gasteiger partial charge on any atom is -0.345 e. The number of benzene rings is 1. The van der Waals surface area contributed by atoms with Crippen LogP contribution in [0.3, 0.4) is 0 Å². The number of rotatable bonds is 2. The number of hydrogen-bond acceptors (Lipinski definition) is 4. The number of halogens is 2. The highest BCUT2D eigenvalue weighted by molar-refractivity contribution is 7.13. The van der Waals surface area contributed by atoms with Gasteiger partial charge < -0.3 is 15.1 Å². The smallest absolute Gasteiger partial charge is 0.322 e. The molecule has 2 amide bonds. The van der Waals surface area contributed by atoms with Crippen molar-refractivity contribution in [3.05, 3.63) is 41.4 Å². The van der Waals surface area contributed by atoms with Gasteiger partial charge in [0.2, 0.25) is 0 Å². The Bertz CT molecular complexity index is 657. The van der Waals surface area contributed by atoms with Crippen LogP contribution in [0.5, 0.6) is 0 Å². The summed E-state index contributed by atoms with van der Waals surface area (Å²) in [5.74, 6) is -1.46. The number of urea groups is 1. The van der Waals surface area contributed by atoms with E-state index in [1.54, 1.807) is 22.4 Å². The van der Waals surface area contributed by atoms with Crippen LogP contribution in [-0.2, 0) is 0 Å². The minimum atomic E-state index is -0.783. The largest absolute Gasteiger partial charge is 0.345 e. The topological polar surface area (TPSA) is 48.5 Å². The van der Waals surface area contributed by atoms with Crippen molar-refractivity contribution in [2.45, 2.75) is 0 Å². The maximum absolute atomic E-state index is 13.5. The molecule has 2 heterocycles. The highest BCUT2D eigenvalue weighted by Gasteiger charge is 2.22. The number of piperazine rings is 1. The van der Waals surface area contributed by atoms with Crippen LogP contribution in [-0.4, -0.2) is 42.1 Å². The van der Waals surface area contributed by atoms with E-state index in [0.29, 0.717) is 26.2 Å². The Labute approximate surface area is 130 Å². The highest BCUT2D eigenvalue weighted by Crippen LogP contribution is 2.20. The fraction of sp³-hybridized carbons (Fsp3) is 0.286. The molecule has 1 aromatic carbocycles. The quantitative estimate of drug-likeness (QED) is 0.924. The second-order valence-corrected chi connectivity index (χ2v) is 5.72. The molecule has 0 saturated carbocycles. The molecule has 1 aliphatic rings. The first kappa shape index (κ1) is 14.7. The highest BCUT2D eigenvalue weighted by atomic mass is 32.1. The third-order valence-electron chi connectivity index (χ3n) is 3.43. The number of anilines is 2. The van der Waals surface area contributed by atoms with Crippen molar-refractivity contribution in [2.24, 2.45) is 0 Å². The van der Waals surface area contributed by atoms with E-state index < -0.39 is 11.6 Å². The maximum Gasteiger partial charge on any atom is 0.322 e. The fourth-order valence-electron chi connectivity index (χ4n) is 2.26. The Morgan fingerprint density at radius 1 is 1.23 bits per heavy atom. The summed E-state index contributed by atoms with van der Waals surface area (Å²) in [5, 5.41) is 5.31. The number of carbonyl (C=O) groups excluding carboxylic acids is 1. The molecule has 0 atom stereocenters. The molecule has 1 fully saturated rings. The number of amides is 2.